The molecule has 1 fully saturated rings. The van der Waals surface area contributed by atoms with Gasteiger partial charge in [0.2, 0.25) is 5.91 Å². The fraction of sp³-hybridized carbons (Fsp3) is 0.515. The Balaban J connectivity index is 0.00000248. The maximum absolute atomic E-state index is 13.6. The van der Waals surface area contributed by atoms with Gasteiger partial charge >= 0.3 is 6.09 Å². The molecule has 0 atom stereocenters. The van der Waals surface area contributed by atoms with Gasteiger partial charge in [-0.25, -0.2) is 4.79 Å². The van der Waals surface area contributed by atoms with Crippen LogP contribution >= 0.6 is 0 Å². The highest BCUT2D eigenvalue weighted by atomic mass is 16.6. The Morgan fingerprint density at radius 2 is 1.74 bits per heavy atom. The van der Waals surface area contributed by atoms with Gasteiger partial charge in [-0.05, 0) is 63.8 Å². The van der Waals surface area contributed by atoms with Gasteiger partial charge in [0.05, 0.1) is 25.4 Å². The number of amides is 3. The number of carbonyl (C=O) groups is 3. The van der Waals surface area contributed by atoms with Crippen molar-refractivity contribution in [3.05, 3.63) is 70.6 Å². The second-order valence-electron chi connectivity index (χ2n) is 10.9. The van der Waals surface area contributed by atoms with Gasteiger partial charge in [0.1, 0.15) is 5.82 Å². The number of allylic oxidation sites excluding steroid dienone is 3. The quantitative estimate of drug-likeness (QED) is 0.439. The summed E-state index contributed by atoms with van der Waals surface area (Å²) in [6, 6.07) is 5.75. The molecule has 43 heavy (non-hydrogen) atoms. The minimum absolute atomic E-state index is 0.0416. The number of rotatable bonds is 7. The van der Waals surface area contributed by atoms with Crippen LogP contribution in [0.25, 0.3) is 0 Å². The highest BCUT2D eigenvalue weighted by molar-refractivity contribution is 5.95. The van der Waals surface area contributed by atoms with Crippen LogP contribution in [0.4, 0.5) is 10.6 Å². The van der Waals surface area contributed by atoms with Crippen LogP contribution < -0.4 is 5.32 Å². The van der Waals surface area contributed by atoms with Crippen LogP contribution in [0.3, 0.4) is 0 Å². The Morgan fingerprint density at radius 1 is 1.05 bits per heavy atom. The zero-order valence-corrected chi connectivity index (χ0v) is 26.9. The standard InChI is InChI=1S/C31H42N6O4.C2H6/c1-6-7-8-9-27-21-37(20-26-19-32-34(5)29(26)33-27)30(39)25-11-10-24(23(4)18-25)12-13-28(38)35-14-16-36(17-15-35)31(40)41-22(2)3;1-2/h6-7,9-11,18-19,22,33H,8,12-17,20-21H2,1-5H3;1-2H3/b7-6-,27-9+;. The number of piperazine rings is 1. The first kappa shape index (κ1) is 33.4. The Kier molecular flexibility index (Phi) is 12.4. The maximum atomic E-state index is 13.6. The lowest BCUT2D eigenvalue weighted by molar-refractivity contribution is -0.132. The van der Waals surface area contributed by atoms with Crippen molar-refractivity contribution in [2.24, 2.45) is 7.05 Å². The molecule has 2 aliphatic heterocycles. The first-order valence-corrected chi connectivity index (χ1v) is 15.4. The number of anilines is 1. The van der Waals surface area contributed by atoms with Crippen molar-refractivity contribution in [2.75, 3.05) is 38.0 Å². The third kappa shape index (κ3) is 8.95. The van der Waals surface area contributed by atoms with E-state index in [1.54, 1.807) is 15.8 Å². The summed E-state index contributed by atoms with van der Waals surface area (Å²) in [6.45, 7) is 14.5. The average Bonchev–Trinajstić information content (AvgIpc) is 3.22. The Labute approximate surface area is 256 Å². The van der Waals surface area contributed by atoms with Crippen LogP contribution in [-0.2, 0) is 29.5 Å². The zero-order valence-electron chi connectivity index (χ0n) is 26.9. The second-order valence-corrected chi connectivity index (χ2v) is 10.9. The molecule has 1 aromatic heterocycles. The molecule has 3 heterocycles. The van der Waals surface area contributed by atoms with Crippen molar-refractivity contribution in [1.29, 1.82) is 0 Å². The van der Waals surface area contributed by atoms with Gasteiger partial charge in [-0.1, -0.05) is 38.1 Å². The van der Waals surface area contributed by atoms with E-state index in [9.17, 15) is 14.4 Å². The maximum Gasteiger partial charge on any atom is 0.410 e. The Hall–Kier alpha value is -4.08. The second kappa shape index (κ2) is 16.0. The van der Waals surface area contributed by atoms with Crippen LogP contribution in [0.5, 0.6) is 0 Å². The van der Waals surface area contributed by atoms with E-state index >= 15 is 0 Å². The lowest BCUT2D eigenvalue weighted by Crippen LogP contribution is -2.51. The summed E-state index contributed by atoms with van der Waals surface area (Å²) in [7, 11) is 1.89. The molecule has 2 aromatic rings. The van der Waals surface area contributed by atoms with Crippen molar-refractivity contribution in [3.63, 3.8) is 0 Å². The SMILES string of the molecule is C/C=C\C/C=C1\CN(C(=O)c2ccc(CCC(=O)N3CCN(C(=O)OC(C)C)CC3)c(C)c2)Cc2cnn(C)c2N1.CC. The number of hydrogen-bond donors (Lipinski definition) is 1. The molecule has 1 saturated heterocycles. The van der Waals surface area contributed by atoms with E-state index in [0.29, 0.717) is 57.7 Å². The fourth-order valence-corrected chi connectivity index (χ4v) is 5.13. The molecule has 234 valence electrons. The van der Waals surface area contributed by atoms with Crippen molar-refractivity contribution in [3.8, 4) is 0 Å². The van der Waals surface area contributed by atoms with E-state index in [0.717, 1.165) is 34.6 Å². The summed E-state index contributed by atoms with van der Waals surface area (Å²) in [5.41, 5.74) is 4.60. The highest BCUT2D eigenvalue weighted by Crippen LogP contribution is 2.25. The number of carbonyl (C=O) groups excluding carboxylic acids is 3. The van der Waals surface area contributed by atoms with Gasteiger partial charge in [-0.2, -0.15) is 5.10 Å². The van der Waals surface area contributed by atoms with Crippen LogP contribution in [0.2, 0.25) is 0 Å². The Morgan fingerprint density at radius 3 is 2.40 bits per heavy atom. The lowest BCUT2D eigenvalue weighted by Gasteiger charge is -2.34. The molecule has 0 saturated carbocycles. The van der Waals surface area contributed by atoms with E-state index < -0.39 is 0 Å². The minimum Gasteiger partial charge on any atom is -0.447 e. The lowest BCUT2D eigenvalue weighted by atomic mass is 10.00. The summed E-state index contributed by atoms with van der Waals surface area (Å²) in [5.74, 6) is 0.933. The predicted molar refractivity (Wildman–Crippen MR) is 170 cm³/mol. The van der Waals surface area contributed by atoms with Crippen molar-refractivity contribution < 1.29 is 19.1 Å². The number of nitrogens with zero attached hydrogens (tertiary/aromatic N) is 5. The topological polar surface area (TPSA) is 100 Å². The first-order valence-electron chi connectivity index (χ1n) is 15.4. The van der Waals surface area contributed by atoms with E-state index in [1.807, 2.05) is 82.7 Å². The molecular formula is C33H48N6O4. The van der Waals surface area contributed by atoms with E-state index in [1.165, 1.54) is 0 Å². The molecule has 0 unspecified atom stereocenters. The van der Waals surface area contributed by atoms with Crippen LogP contribution in [0.1, 0.15) is 74.5 Å². The molecule has 1 aromatic carbocycles. The highest BCUT2D eigenvalue weighted by Gasteiger charge is 2.27. The number of hydrogen-bond acceptors (Lipinski definition) is 6. The van der Waals surface area contributed by atoms with Crippen molar-refractivity contribution in [1.82, 2.24) is 24.5 Å². The normalized spacial score (nSPS) is 16.0. The molecule has 0 bridgehead atoms. The molecule has 4 rings (SSSR count). The van der Waals surface area contributed by atoms with Gasteiger partial charge in [-0.3, -0.25) is 14.3 Å². The van der Waals surface area contributed by atoms with Crippen LogP contribution in [0, 0.1) is 6.92 Å². The number of ether oxygens (including phenoxy) is 1. The van der Waals surface area contributed by atoms with E-state index in [4.69, 9.17) is 4.74 Å². The van der Waals surface area contributed by atoms with Crippen molar-refractivity contribution in [2.45, 2.75) is 73.5 Å². The summed E-state index contributed by atoms with van der Waals surface area (Å²) >= 11 is 0. The number of benzene rings is 1. The number of aryl methyl sites for hydroxylation is 3. The molecule has 10 nitrogen and oxygen atoms in total. The summed E-state index contributed by atoms with van der Waals surface area (Å²) in [5, 5.41) is 7.84. The molecule has 10 heteroatoms. The van der Waals surface area contributed by atoms with Crippen LogP contribution in [-0.4, -0.2) is 81.2 Å². The van der Waals surface area contributed by atoms with Gasteiger partial charge in [-0.15, -0.1) is 0 Å². The Bertz CT molecular complexity index is 1320. The average molecular weight is 593 g/mol. The molecular weight excluding hydrogens is 544 g/mol. The smallest absolute Gasteiger partial charge is 0.410 e. The van der Waals surface area contributed by atoms with E-state index in [2.05, 4.69) is 22.6 Å². The fourth-order valence-electron chi connectivity index (χ4n) is 5.13. The van der Waals surface area contributed by atoms with E-state index in [-0.39, 0.29) is 24.0 Å². The van der Waals surface area contributed by atoms with Gasteiger partial charge in [0.25, 0.3) is 5.91 Å². The number of nitrogens with one attached hydrogen (secondary N) is 1. The minimum atomic E-state index is -0.324. The van der Waals surface area contributed by atoms with Gasteiger partial charge < -0.3 is 24.8 Å². The molecule has 3 amide bonds. The van der Waals surface area contributed by atoms with Gasteiger partial charge in [0, 0.05) is 56.5 Å². The molecule has 0 radical (unpaired) electrons. The third-order valence-corrected chi connectivity index (χ3v) is 7.46. The molecule has 0 spiro atoms. The van der Waals surface area contributed by atoms with Crippen molar-refractivity contribution >= 4 is 23.7 Å². The zero-order chi connectivity index (χ0) is 31.5. The summed E-state index contributed by atoms with van der Waals surface area (Å²) < 4.78 is 7.06. The monoisotopic (exact) mass is 592 g/mol. The van der Waals surface area contributed by atoms with Gasteiger partial charge in [0.15, 0.2) is 0 Å². The van der Waals surface area contributed by atoms with Crippen LogP contribution in [0.15, 0.2) is 48.3 Å². The predicted octanol–water partition coefficient (Wildman–Crippen LogP) is 5.29. The third-order valence-electron chi connectivity index (χ3n) is 7.46. The molecule has 2 aliphatic rings. The largest absolute Gasteiger partial charge is 0.447 e. The summed E-state index contributed by atoms with van der Waals surface area (Å²) in [4.78, 5) is 44.0. The summed E-state index contributed by atoms with van der Waals surface area (Å²) in [6.07, 6.45) is 9.27. The molecule has 1 N–H and O–H groups in total. The molecule has 0 aliphatic carbocycles. The number of aromatic nitrogens is 2. The first-order chi connectivity index (χ1) is 20.7. The number of fused-ring (bicyclic) bond motifs is 1.